The zero-order valence-corrected chi connectivity index (χ0v) is 15.5. The third-order valence-corrected chi connectivity index (χ3v) is 4.73. The first-order valence-electron chi connectivity index (χ1n) is 9.05. The molecule has 2 aromatic carbocycles. The summed E-state index contributed by atoms with van der Waals surface area (Å²) < 4.78 is 10.5. The lowest BCUT2D eigenvalue weighted by Gasteiger charge is -2.17. The zero-order valence-electron chi connectivity index (χ0n) is 15.5. The van der Waals surface area contributed by atoms with E-state index in [9.17, 15) is 4.79 Å². The Labute approximate surface area is 154 Å². The van der Waals surface area contributed by atoms with Gasteiger partial charge in [0.15, 0.2) is 0 Å². The molecule has 1 fully saturated rings. The van der Waals surface area contributed by atoms with E-state index in [4.69, 9.17) is 9.47 Å². The van der Waals surface area contributed by atoms with Gasteiger partial charge in [0.05, 0.1) is 19.9 Å². The van der Waals surface area contributed by atoms with Crippen LogP contribution in [0.1, 0.15) is 24.8 Å². The third-order valence-electron chi connectivity index (χ3n) is 4.73. The fraction of sp³-hybridized carbons (Fsp3) is 0.381. The minimum Gasteiger partial charge on any atom is -0.497 e. The standard InChI is InChI=1S/C21H26N2O3/c1-25-18-10-11-20(26-2)19(15-18)22-21(24)12-7-16-5-8-17(9-6-16)23-13-3-4-14-23/h5-6,8-11,15H,3-4,7,12-14H2,1-2H3,(H,22,24). The van der Waals surface area contributed by atoms with Gasteiger partial charge in [-0.05, 0) is 49.1 Å². The fourth-order valence-corrected chi connectivity index (χ4v) is 3.23. The maximum Gasteiger partial charge on any atom is 0.224 e. The van der Waals surface area contributed by atoms with Crippen molar-refractivity contribution in [3.63, 3.8) is 0 Å². The first-order chi connectivity index (χ1) is 12.7. The average Bonchev–Trinajstić information content (AvgIpc) is 3.21. The second-order valence-corrected chi connectivity index (χ2v) is 6.47. The lowest BCUT2D eigenvalue weighted by atomic mass is 10.1. The molecule has 0 aliphatic carbocycles. The summed E-state index contributed by atoms with van der Waals surface area (Å²) >= 11 is 0. The van der Waals surface area contributed by atoms with E-state index in [0.717, 1.165) is 13.1 Å². The van der Waals surface area contributed by atoms with Crippen molar-refractivity contribution in [2.24, 2.45) is 0 Å². The summed E-state index contributed by atoms with van der Waals surface area (Å²) in [6, 6.07) is 13.9. The molecule has 2 aromatic rings. The predicted octanol–water partition coefficient (Wildman–Crippen LogP) is 3.88. The first-order valence-corrected chi connectivity index (χ1v) is 9.05. The van der Waals surface area contributed by atoms with Crippen LogP contribution in [0.5, 0.6) is 11.5 Å². The van der Waals surface area contributed by atoms with Crippen LogP contribution in [0, 0.1) is 0 Å². The summed E-state index contributed by atoms with van der Waals surface area (Å²) in [6.45, 7) is 2.29. The van der Waals surface area contributed by atoms with Crippen LogP contribution in [-0.2, 0) is 11.2 Å². The van der Waals surface area contributed by atoms with Crippen LogP contribution in [0.15, 0.2) is 42.5 Å². The topological polar surface area (TPSA) is 50.8 Å². The Balaban J connectivity index is 1.55. The Bertz CT molecular complexity index is 737. The van der Waals surface area contributed by atoms with Gasteiger partial charge in [-0.2, -0.15) is 0 Å². The molecule has 1 N–H and O–H groups in total. The average molecular weight is 354 g/mol. The molecule has 0 saturated carbocycles. The second kappa shape index (κ2) is 8.61. The van der Waals surface area contributed by atoms with Gasteiger partial charge in [0.2, 0.25) is 5.91 Å². The van der Waals surface area contributed by atoms with Gasteiger partial charge >= 0.3 is 0 Å². The Hall–Kier alpha value is -2.69. The highest BCUT2D eigenvalue weighted by Crippen LogP contribution is 2.29. The summed E-state index contributed by atoms with van der Waals surface area (Å²) in [6.07, 6.45) is 3.67. The number of methoxy groups -OCH3 is 2. The molecule has 5 nitrogen and oxygen atoms in total. The largest absolute Gasteiger partial charge is 0.497 e. The molecule has 1 heterocycles. The lowest BCUT2D eigenvalue weighted by Crippen LogP contribution is -2.17. The number of benzene rings is 2. The Morgan fingerprint density at radius 1 is 1.04 bits per heavy atom. The van der Waals surface area contributed by atoms with E-state index in [1.807, 2.05) is 0 Å². The molecule has 3 rings (SSSR count). The third kappa shape index (κ3) is 4.48. The Kier molecular flexibility index (Phi) is 6.00. The molecule has 0 spiro atoms. The smallest absolute Gasteiger partial charge is 0.224 e. The molecule has 138 valence electrons. The molecule has 0 aromatic heterocycles. The van der Waals surface area contributed by atoms with Crippen molar-refractivity contribution >= 4 is 17.3 Å². The van der Waals surface area contributed by atoms with Gasteiger partial charge < -0.3 is 19.7 Å². The number of hydrogen-bond acceptors (Lipinski definition) is 4. The normalized spacial score (nSPS) is 13.5. The summed E-state index contributed by atoms with van der Waals surface area (Å²) in [5.41, 5.74) is 3.07. The molecular formula is C21H26N2O3. The van der Waals surface area contributed by atoms with Crippen LogP contribution >= 0.6 is 0 Å². The molecule has 5 heteroatoms. The SMILES string of the molecule is COc1ccc(OC)c(NC(=O)CCc2ccc(N3CCCC3)cc2)c1. The van der Waals surface area contributed by atoms with E-state index in [0.29, 0.717) is 30.0 Å². The van der Waals surface area contributed by atoms with E-state index in [2.05, 4.69) is 34.5 Å². The van der Waals surface area contributed by atoms with Gasteiger partial charge in [0, 0.05) is 31.3 Å². The number of carbonyl (C=O) groups excluding carboxylic acids is 1. The molecule has 1 aliphatic heterocycles. The maximum absolute atomic E-state index is 12.3. The van der Waals surface area contributed by atoms with Crippen molar-refractivity contribution in [2.75, 3.05) is 37.5 Å². The van der Waals surface area contributed by atoms with Crippen molar-refractivity contribution in [1.29, 1.82) is 0 Å². The number of amides is 1. The van der Waals surface area contributed by atoms with Crippen LogP contribution in [-0.4, -0.2) is 33.2 Å². The van der Waals surface area contributed by atoms with Gasteiger partial charge in [-0.25, -0.2) is 0 Å². The number of carbonyl (C=O) groups is 1. The summed E-state index contributed by atoms with van der Waals surface area (Å²) in [5.74, 6) is 1.26. The molecular weight excluding hydrogens is 328 g/mol. The molecule has 0 bridgehead atoms. The zero-order chi connectivity index (χ0) is 18.4. The van der Waals surface area contributed by atoms with E-state index in [1.54, 1.807) is 32.4 Å². The van der Waals surface area contributed by atoms with E-state index in [-0.39, 0.29) is 5.91 Å². The minimum atomic E-state index is -0.0415. The van der Waals surface area contributed by atoms with E-state index in [1.165, 1.54) is 24.1 Å². The van der Waals surface area contributed by atoms with Crippen molar-refractivity contribution in [3.8, 4) is 11.5 Å². The lowest BCUT2D eigenvalue weighted by molar-refractivity contribution is -0.116. The summed E-state index contributed by atoms with van der Waals surface area (Å²) in [5, 5.41) is 2.91. The number of rotatable bonds is 7. The number of anilines is 2. The van der Waals surface area contributed by atoms with Crippen LogP contribution in [0.3, 0.4) is 0 Å². The van der Waals surface area contributed by atoms with Crippen LogP contribution in [0.4, 0.5) is 11.4 Å². The van der Waals surface area contributed by atoms with Crippen LogP contribution in [0.25, 0.3) is 0 Å². The number of ether oxygens (including phenoxy) is 2. The van der Waals surface area contributed by atoms with Crippen molar-refractivity contribution in [3.05, 3.63) is 48.0 Å². The van der Waals surface area contributed by atoms with E-state index < -0.39 is 0 Å². The van der Waals surface area contributed by atoms with Gasteiger partial charge in [0.1, 0.15) is 11.5 Å². The number of nitrogens with one attached hydrogen (secondary N) is 1. The number of nitrogens with zero attached hydrogens (tertiary/aromatic N) is 1. The molecule has 0 atom stereocenters. The summed E-state index contributed by atoms with van der Waals surface area (Å²) in [7, 11) is 3.18. The van der Waals surface area contributed by atoms with Crippen molar-refractivity contribution < 1.29 is 14.3 Å². The van der Waals surface area contributed by atoms with Gasteiger partial charge in [-0.1, -0.05) is 12.1 Å². The molecule has 1 amide bonds. The van der Waals surface area contributed by atoms with Crippen LogP contribution < -0.4 is 19.7 Å². The Morgan fingerprint density at radius 3 is 2.42 bits per heavy atom. The predicted molar refractivity (Wildman–Crippen MR) is 104 cm³/mol. The molecule has 1 saturated heterocycles. The first kappa shape index (κ1) is 18.1. The van der Waals surface area contributed by atoms with Gasteiger partial charge in [-0.15, -0.1) is 0 Å². The van der Waals surface area contributed by atoms with Crippen LogP contribution in [0.2, 0.25) is 0 Å². The molecule has 0 radical (unpaired) electrons. The van der Waals surface area contributed by atoms with Crippen molar-refractivity contribution in [2.45, 2.75) is 25.7 Å². The highest BCUT2D eigenvalue weighted by atomic mass is 16.5. The molecule has 0 unspecified atom stereocenters. The van der Waals surface area contributed by atoms with E-state index >= 15 is 0 Å². The molecule has 1 aliphatic rings. The number of hydrogen-bond donors (Lipinski definition) is 1. The highest BCUT2D eigenvalue weighted by Gasteiger charge is 2.12. The number of aryl methyl sites for hydroxylation is 1. The Morgan fingerprint density at radius 2 is 1.77 bits per heavy atom. The van der Waals surface area contributed by atoms with Gasteiger partial charge in [-0.3, -0.25) is 4.79 Å². The monoisotopic (exact) mass is 354 g/mol. The second-order valence-electron chi connectivity index (χ2n) is 6.47. The summed E-state index contributed by atoms with van der Waals surface area (Å²) in [4.78, 5) is 14.7. The quantitative estimate of drug-likeness (QED) is 0.820. The highest BCUT2D eigenvalue weighted by molar-refractivity contribution is 5.92. The maximum atomic E-state index is 12.3. The minimum absolute atomic E-state index is 0.0415. The molecule has 26 heavy (non-hydrogen) atoms. The fourth-order valence-electron chi connectivity index (χ4n) is 3.23. The van der Waals surface area contributed by atoms with Gasteiger partial charge in [0.25, 0.3) is 0 Å². The van der Waals surface area contributed by atoms with Crippen molar-refractivity contribution in [1.82, 2.24) is 0 Å².